The van der Waals surface area contributed by atoms with Crippen molar-refractivity contribution in [1.29, 1.82) is 0 Å². The number of hydrogen-bond donors (Lipinski definition) is 1. The van der Waals surface area contributed by atoms with Gasteiger partial charge in [-0.2, -0.15) is 0 Å². The van der Waals surface area contributed by atoms with Crippen molar-refractivity contribution in [2.45, 2.75) is 26.1 Å². The van der Waals surface area contributed by atoms with Crippen molar-refractivity contribution >= 4 is 5.69 Å². The van der Waals surface area contributed by atoms with Gasteiger partial charge in [-0.15, -0.1) is 10.2 Å². The highest BCUT2D eigenvalue weighted by atomic mass is 16.3. The highest BCUT2D eigenvalue weighted by Crippen LogP contribution is 2.28. The number of aliphatic hydroxyl groups is 1. The summed E-state index contributed by atoms with van der Waals surface area (Å²) >= 11 is 0. The van der Waals surface area contributed by atoms with E-state index in [2.05, 4.69) is 19.7 Å². The summed E-state index contributed by atoms with van der Waals surface area (Å²) in [6.07, 6.45) is 1.31. The molecule has 0 fully saturated rings. The molecule has 0 aliphatic carbocycles. The standard InChI is InChI=1S/C13H16N4O/c1-10(18)11-4-2-3-5-12(11)16-6-7-17-9-14-15-13(17)8-16/h2-5,9-10,18H,6-8H2,1H3/t10-/m1/s1. The summed E-state index contributed by atoms with van der Waals surface area (Å²) in [5.41, 5.74) is 2.05. The number of fused-ring (bicyclic) bond motifs is 1. The van der Waals surface area contributed by atoms with Crippen LogP contribution in [0.1, 0.15) is 24.4 Å². The molecule has 0 radical (unpaired) electrons. The zero-order chi connectivity index (χ0) is 12.5. The van der Waals surface area contributed by atoms with E-state index in [1.807, 2.05) is 24.3 Å². The van der Waals surface area contributed by atoms with Crippen LogP contribution in [0.3, 0.4) is 0 Å². The fourth-order valence-electron chi connectivity index (χ4n) is 2.40. The van der Waals surface area contributed by atoms with Crippen molar-refractivity contribution in [3.05, 3.63) is 42.0 Å². The summed E-state index contributed by atoms with van der Waals surface area (Å²) in [6.45, 7) is 4.33. The Labute approximate surface area is 106 Å². The van der Waals surface area contributed by atoms with E-state index in [4.69, 9.17) is 0 Å². The second-order valence-electron chi connectivity index (χ2n) is 4.60. The van der Waals surface area contributed by atoms with E-state index in [0.29, 0.717) is 0 Å². The first-order valence-corrected chi connectivity index (χ1v) is 6.14. The molecular weight excluding hydrogens is 228 g/mol. The molecule has 0 saturated heterocycles. The van der Waals surface area contributed by atoms with Gasteiger partial charge in [0.15, 0.2) is 5.82 Å². The highest BCUT2D eigenvalue weighted by Gasteiger charge is 2.20. The van der Waals surface area contributed by atoms with Crippen molar-refractivity contribution in [1.82, 2.24) is 14.8 Å². The lowest BCUT2D eigenvalue weighted by Gasteiger charge is -2.31. The van der Waals surface area contributed by atoms with Crippen LogP contribution in [0.25, 0.3) is 0 Å². The number of aromatic nitrogens is 3. The second-order valence-corrected chi connectivity index (χ2v) is 4.60. The van der Waals surface area contributed by atoms with Crippen molar-refractivity contribution in [3.8, 4) is 0 Å². The van der Waals surface area contributed by atoms with Crippen LogP contribution >= 0.6 is 0 Å². The van der Waals surface area contributed by atoms with Crippen LogP contribution < -0.4 is 4.90 Å². The predicted octanol–water partition coefficient (Wildman–Crippen LogP) is 1.35. The Balaban J connectivity index is 1.93. The number of benzene rings is 1. The molecule has 5 nitrogen and oxygen atoms in total. The molecule has 5 heteroatoms. The first-order valence-electron chi connectivity index (χ1n) is 6.14. The second kappa shape index (κ2) is 4.42. The molecule has 0 bridgehead atoms. The van der Waals surface area contributed by atoms with Crippen molar-refractivity contribution in [2.24, 2.45) is 0 Å². The maximum absolute atomic E-state index is 9.83. The van der Waals surface area contributed by atoms with E-state index in [9.17, 15) is 5.11 Å². The predicted molar refractivity (Wildman–Crippen MR) is 68.1 cm³/mol. The van der Waals surface area contributed by atoms with Crippen molar-refractivity contribution in [3.63, 3.8) is 0 Å². The number of nitrogens with zero attached hydrogens (tertiary/aromatic N) is 4. The van der Waals surface area contributed by atoms with Crippen LogP contribution in [0.2, 0.25) is 0 Å². The quantitative estimate of drug-likeness (QED) is 0.866. The van der Waals surface area contributed by atoms with Gasteiger partial charge < -0.3 is 14.6 Å². The summed E-state index contributed by atoms with van der Waals surface area (Å²) < 4.78 is 2.07. The van der Waals surface area contributed by atoms with E-state index in [1.165, 1.54) is 0 Å². The third kappa shape index (κ3) is 1.86. The number of hydrogen-bond acceptors (Lipinski definition) is 4. The van der Waals surface area contributed by atoms with E-state index >= 15 is 0 Å². The molecule has 1 aromatic heterocycles. The summed E-state index contributed by atoms with van der Waals surface area (Å²) in [4.78, 5) is 2.24. The SMILES string of the molecule is C[C@@H](O)c1ccccc1N1CCn2cnnc2C1. The third-order valence-corrected chi connectivity index (χ3v) is 3.37. The van der Waals surface area contributed by atoms with Gasteiger partial charge in [-0.1, -0.05) is 18.2 Å². The lowest BCUT2D eigenvalue weighted by Crippen LogP contribution is -2.34. The van der Waals surface area contributed by atoms with Gasteiger partial charge in [0.2, 0.25) is 0 Å². The molecule has 0 amide bonds. The molecule has 1 aliphatic heterocycles. The van der Waals surface area contributed by atoms with Crippen LogP contribution in [0.5, 0.6) is 0 Å². The van der Waals surface area contributed by atoms with E-state index in [1.54, 1.807) is 13.3 Å². The Morgan fingerprint density at radius 3 is 2.94 bits per heavy atom. The first-order chi connectivity index (χ1) is 8.75. The smallest absolute Gasteiger partial charge is 0.152 e. The van der Waals surface area contributed by atoms with Gasteiger partial charge in [0.05, 0.1) is 12.6 Å². The van der Waals surface area contributed by atoms with Crippen LogP contribution in [-0.2, 0) is 13.1 Å². The fourth-order valence-corrected chi connectivity index (χ4v) is 2.40. The maximum atomic E-state index is 9.83. The van der Waals surface area contributed by atoms with Gasteiger partial charge in [0, 0.05) is 24.3 Å². The van der Waals surface area contributed by atoms with E-state index in [0.717, 1.165) is 36.7 Å². The maximum Gasteiger partial charge on any atom is 0.152 e. The number of rotatable bonds is 2. The number of aliphatic hydroxyl groups excluding tert-OH is 1. The lowest BCUT2D eigenvalue weighted by molar-refractivity contribution is 0.199. The molecule has 2 aromatic rings. The average Bonchev–Trinajstić information content (AvgIpc) is 2.85. The van der Waals surface area contributed by atoms with E-state index < -0.39 is 6.10 Å². The number of anilines is 1. The molecule has 0 unspecified atom stereocenters. The minimum atomic E-state index is -0.457. The first kappa shape index (κ1) is 11.2. The summed E-state index contributed by atoms with van der Waals surface area (Å²) in [6, 6.07) is 7.98. The minimum absolute atomic E-state index is 0.457. The monoisotopic (exact) mass is 244 g/mol. The largest absolute Gasteiger partial charge is 0.389 e. The van der Waals surface area contributed by atoms with Gasteiger partial charge in [-0.3, -0.25) is 0 Å². The molecule has 94 valence electrons. The molecular formula is C13H16N4O. The van der Waals surface area contributed by atoms with Gasteiger partial charge in [0.25, 0.3) is 0 Å². The van der Waals surface area contributed by atoms with Gasteiger partial charge >= 0.3 is 0 Å². The molecule has 0 saturated carbocycles. The molecule has 2 heterocycles. The Morgan fingerprint density at radius 1 is 1.28 bits per heavy atom. The zero-order valence-electron chi connectivity index (χ0n) is 10.3. The van der Waals surface area contributed by atoms with E-state index in [-0.39, 0.29) is 0 Å². The van der Waals surface area contributed by atoms with Crippen molar-refractivity contribution in [2.75, 3.05) is 11.4 Å². The fraction of sp³-hybridized carbons (Fsp3) is 0.385. The zero-order valence-corrected chi connectivity index (χ0v) is 10.3. The third-order valence-electron chi connectivity index (χ3n) is 3.37. The normalized spacial score (nSPS) is 16.4. The lowest BCUT2D eigenvalue weighted by atomic mass is 10.1. The summed E-state index contributed by atoms with van der Waals surface area (Å²) in [5, 5.41) is 17.9. The molecule has 1 atom stereocenters. The van der Waals surface area contributed by atoms with Gasteiger partial charge in [-0.05, 0) is 13.0 Å². The summed E-state index contributed by atoms with van der Waals surface area (Å²) in [5.74, 6) is 0.974. The molecule has 18 heavy (non-hydrogen) atoms. The summed E-state index contributed by atoms with van der Waals surface area (Å²) in [7, 11) is 0. The van der Waals surface area contributed by atoms with Crippen LogP contribution in [0, 0.1) is 0 Å². The molecule has 0 spiro atoms. The van der Waals surface area contributed by atoms with Gasteiger partial charge in [0.1, 0.15) is 6.33 Å². The molecule has 1 aliphatic rings. The Bertz CT molecular complexity index is 549. The molecule has 1 N–H and O–H groups in total. The van der Waals surface area contributed by atoms with Crippen LogP contribution in [0.4, 0.5) is 5.69 Å². The molecule has 3 rings (SSSR count). The average molecular weight is 244 g/mol. The van der Waals surface area contributed by atoms with Crippen LogP contribution in [0.15, 0.2) is 30.6 Å². The van der Waals surface area contributed by atoms with Crippen molar-refractivity contribution < 1.29 is 5.11 Å². The number of para-hydroxylation sites is 1. The minimum Gasteiger partial charge on any atom is -0.389 e. The Hall–Kier alpha value is -1.88. The molecule has 1 aromatic carbocycles. The topological polar surface area (TPSA) is 54.2 Å². The Morgan fingerprint density at radius 2 is 2.11 bits per heavy atom. The highest BCUT2D eigenvalue weighted by molar-refractivity contribution is 5.54. The van der Waals surface area contributed by atoms with Crippen LogP contribution in [-0.4, -0.2) is 26.4 Å². The van der Waals surface area contributed by atoms with Gasteiger partial charge in [-0.25, -0.2) is 0 Å². The Kier molecular flexibility index (Phi) is 2.76.